The Morgan fingerprint density at radius 2 is 1.06 bits per heavy atom. The summed E-state index contributed by atoms with van der Waals surface area (Å²) in [4.78, 5) is 0. The van der Waals surface area contributed by atoms with Crippen LogP contribution in [0.4, 0.5) is 0 Å². The first-order valence-electron chi connectivity index (χ1n) is 12.3. The van der Waals surface area contributed by atoms with E-state index < -0.39 is 0 Å². The van der Waals surface area contributed by atoms with Crippen LogP contribution in [0, 0.1) is 13.8 Å². The molecule has 192 valence electrons. The van der Waals surface area contributed by atoms with Crippen molar-refractivity contribution in [1.82, 2.24) is 0 Å². The van der Waals surface area contributed by atoms with Gasteiger partial charge >= 0.3 is 38.5 Å². The molecule has 0 atom stereocenters. The van der Waals surface area contributed by atoms with E-state index in [0.717, 1.165) is 12.8 Å². The standard InChI is InChI=1S/2C12H13.2C3H6O.C2H6Si.Ti/c2*1-3-10-5-4-6-11-7-9(2)8-12(10)11;2*1-3(2)4;1-3-2;/h2*4-8H,3H2,1-2H3;2*4H,1H2,2H3;1-2H3;/q2*-1;;;;+2/p-2. The maximum absolute atomic E-state index is 9.33. The van der Waals surface area contributed by atoms with Gasteiger partial charge in [0.15, 0.2) is 0 Å². The molecule has 4 heteroatoms. The summed E-state index contributed by atoms with van der Waals surface area (Å²) in [6.45, 7) is 22.1. The van der Waals surface area contributed by atoms with Crippen LogP contribution in [-0.2, 0) is 32.0 Å². The fraction of sp³-hybridized carbons (Fsp3) is 0.312. The summed E-state index contributed by atoms with van der Waals surface area (Å²) in [5.41, 5.74) is 5.65. The van der Waals surface area contributed by atoms with Gasteiger partial charge < -0.3 is 10.2 Å². The molecule has 0 amide bonds. The van der Waals surface area contributed by atoms with Gasteiger partial charge in [0.2, 0.25) is 0 Å². The van der Waals surface area contributed by atoms with Gasteiger partial charge in [-0.15, -0.1) is 93.7 Å². The average Bonchev–Trinajstić information content (AvgIpc) is 3.33. The van der Waals surface area contributed by atoms with Crippen molar-refractivity contribution < 1.29 is 29.4 Å². The Morgan fingerprint density at radius 3 is 1.31 bits per heavy atom. The van der Waals surface area contributed by atoms with Crippen molar-refractivity contribution in [2.75, 3.05) is 0 Å². The van der Waals surface area contributed by atoms with Gasteiger partial charge in [0.05, 0.1) is 0 Å². The van der Waals surface area contributed by atoms with Crippen molar-refractivity contribution in [3.63, 3.8) is 0 Å². The number of hydrogen-bond acceptors (Lipinski definition) is 2. The van der Waals surface area contributed by atoms with Gasteiger partial charge in [-0.3, -0.25) is 0 Å². The van der Waals surface area contributed by atoms with Crippen molar-refractivity contribution >= 4 is 27.7 Å². The van der Waals surface area contributed by atoms with E-state index in [4.69, 9.17) is 0 Å². The summed E-state index contributed by atoms with van der Waals surface area (Å²) in [5, 5.41) is 24.3. The predicted octanol–water partition coefficient (Wildman–Crippen LogP) is 7.40. The van der Waals surface area contributed by atoms with E-state index in [1.54, 1.807) is 0 Å². The molecule has 4 rings (SSSR count). The third kappa shape index (κ3) is 14.3. The molecule has 0 aliphatic carbocycles. The van der Waals surface area contributed by atoms with Gasteiger partial charge in [0.25, 0.3) is 0 Å². The number of fused-ring (bicyclic) bond motifs is 2. The molecule has 4 aromatic carbocycles. The van der Waals surface area contributed by atoms with E-state index in [0.29, 0.717) is 0 Å². The van der Waals surface area contributed by atoms with Crippen LogP contribution in [-0.4, -0.2) is 6.19 Å². The summed E-state index contributed by atoms with van der Waals surface area (Å²) in [6, 6.07) is 22.1. The summed E-state index contributed by atoms with van der Waals surface area (Å²) < 4.78 is 0. The topological polar surface area (TPSA) is 46.1 Å². The van der Waals surface area contributed by atoms with Crippen LogP contribution in [0.15, 0.2) is 85.3 Å². The Kier molecular flexibility index (Phi) is 16.8. The summed E-state index contributed by atoms with van der Waals surface area (Å²) in [5.74, 6) is -0.167. The van der Waals surface area contributed by atoms with Gasteiger partial charge in [0.1, 0.15) is 0 Å². The average molecular weight is 535 g/mol. The number of allylic oxidation sites excluding steroid dienone is 2. The molecule has 4 aromatic rings. The van der Waals surface area contributed by atoms with Crippen molar-refractivity contribution in [3.05, 3.63) is 108 Å². The molecule has 0 bridgehead atoms. The molecule has 0 heterocycles. The second kappa shape index (κ2) is 18.0. The van der Waals surface area contributed by atoms with E-state index in [1.165, 1.54) is 57.6 Å². The van der Waals surface area contributed by atoms with E-state index in [2.05, 4.69) is 134 Å². The molecule has 0 saturated heterocycles. The van der Waals surface area contributed by atoms with E-state index >= 15 is 0 Å². The third-order valence-electron chi connectivity index (χ3n) is 4.73. The number of aryl methyl sites for hydroxylation is 4. The molecule has 36 heavy (non-hydrogen) atoms. The molecule has 0 N–H and O–H groups in total. The molecule has 0 unspecified atom stereocenters. The van der Waals surface area contributed by atoms with Gasteiger partial charge in [-0.2, -0.15) is 12.1 Å². The quantitative estimate of drug-likeness (QED) is 0.153. The molecule has 0 aromatic heterocycles. The molecule has 0 aliphatic rings. The van der Waals surface area contributed by atoms with Crippen LogP contribution in [0.3, 0.4) is 0 Å². The SMILES string of the molecule is C=C(C)[O-].C=C(C)[O-].CCc1cccc2[cH-]c(C)cc12.CCc1cccc2[cH-]c(C)cc12.C[Si](C)=[Ti+2]. The van der Waals surface area contributed by atoms with Crippen molar-refractivity contribution in [2.24, 2.45) is 0 Å². The number of benzene rings is 2. The zero-order chi connectivity index (χ0) is 27.8. The Hall–Kier alpha value is -2.33. The zero-order valence-electron chi connectivity index (χ0n) is 23.4. The van der Waals surface area contributed by atoms with Gasteiger partial charge in [-0.25, -0.2) is 0 Å². The van der Waals surface area contributed by atoms with Gasteiger partial charge in [-0.1, -0.05) is 64.8 Å². The van der Waals surface area contributed by atoms with Crippen LogP contribution >= 0.6 is 0 Å². The normalized spacial score (nSPS) is 9.39. The Morgan fingerprint density at radius 1 is 0.778 bits per heavy atom. The Bertz CT molecular complexity index is 1120. The molecule has 0 spiro atoms. The first-order valence-corrected chi connectivity index (χ1v) is 17.1. The van der Waals surface area contributed by atoms with Gasteiger partial charge in [0, 0.05) is 0 Å². The maximum atomic E-state index is 9.33. The molecule has 0 saturated carbocycles. The number of hydrogen-bond donors (Lipinski definition) is 0. The number of rotatable bonds is 2. The monoisotopic (exact) mass is 534 g/mol. The van der Waals surface area contributed by atoms with Crippen LogP contribution in [0.5, 0.6) is 0 Å². The van der Waals surface area contributed by atoms with Crippen molar-refractivity contribution in [2.45, 2.75) is 67.5 Å². The second-order valence-corrected chi connectivity index (χ2v) is 15.7. The van der Waals surface area contributed by atoms with Crippen LogP contribution in [0.25, 0.3) is 21.5 Å². The molecular weight excluding hydrogens is 492 g/mol. The third-order valence-corrected chi connectivity index (χ3v) is 4.73. The van der Waals surface area contributed by atoms with Crippen LogP contribution in [0.1, 0.15) is 49.9 Å². The zero-order valence-corrected chi connectivity index (χ0v) is 26.0. The summed E-state index contributed by atoms with van der Waals surface area (Å²) in [6.07, 6.45) is 2.37. The molecule has 2 nitrogen and oxygen atoms in total. The van der Waals surface area contributed by atoms with Crippen LogP contribution < -0.4 is 10.2 Å². The fourth-order valence-electron chi connectivity index (χ4n) is 3.52. The van der Waals surface area contributed by atoms with E-state index in [9.17, 15) is 10.2 Å². The first kappa shape index (κ1) is 33.7. The second-order valence-electron chi connectivity index (χ2n) is 9.02. The van der Waals surface area contributed by atoms with Gasteiger partial charge in [-0.05, 0) is 12.8 Å². The van der Waals surface area contributed by atoms with Crippen LogP contribution in [0.2, 0.25) is 13.1 Å². The summed E-state index contributed by atoms with van der Waals surface area (Å²) >= 11 is 2.27. The minimum absolute atomic E-state index is 0.0833. The Balaban J connectivity index is 0.000000478. The predicted molar refractivity (Wildman–Crippen MR) is 154 cm³/mol. The summed E-state index contributed by atoms with van der Waals surface area (Å²) in [7, 11) is 0. The van der Waals surface area contributed by atoms with Crippen molar-refractivity contribution in [1.29, 1.82) is 0 Å². The molecule has 0 fully saturated rings. The minimum atomic E-state index is -0.0833. The molecular formula is C32H42O2SiTi-2. The van der Waals surface area contributed by atoms with E-state index in [1.807, 2.05) is 0 Å². The first-order chi connectivity index (χ1) is 16.8. The molecule has 0 aliphatic heterocycles. The molecule has 0 radical (unpaired) electrons. The fourth-order valence-corrected chi connectivity index (χ4v) is 3.52. The Labute approximate surface area is 231 Å². The van der Waals surface area contributed by atoms with E-state index in [-0.39, 0.29) is 17.7 Å². The van der Waals surface area contributed by atoms with Crippen molar-refractivity contribution in [3.8, 4) is 0 Å².